The fourth-order valence-electron chi connectivity index (χ4n) is 1.99. The minimum Gasteiger partial charge on any atom is -0.149 e. The van der Waals surface area contributed by atoms with Gasteiger partial charge in [-0.3, -0.25) is 0 Å². The zero-order valence-corrected chi connectivity index (χ0v) is 11.5. The molecule has 0 N–H and O–H groups in total. The summed E-state index contributed by atoms with van der Waals surface area (Å²) in [7, 11) is 0. The molecule has 1 heterocycles. The maximum absolute atomic E-state index is 2.28. The van der Waals surface area contributed by atoms with Crippen LogP contribution in [0.2, 0.25) is 0 Å². The Morgan fingerprint density at radius 2 is 1.76 bits per heavy atom. The van der Waals surface area contributed by atoms with Crippen molar-refractivity contribution in [1.82, 2.24) is 0 Å². The van der Waals surface area contributed by atoms with Crippen LogP contribution in [0.15, 0.2) is 41.8 Å². The molecule has 0 aliphatic carbocycles. The van der Waals surface area contributed by atoms with Gasteiger partial charge in [-0.2, -0.15) is 0 Å². The molecule has 0 aliphatic rings. The van der Waals surface area contributed by atoms with Crippen LogP contribution >= 0.6 is 11.3 Å². The van der Waals surface area contributed by atoms with Gasteiger partial charge in [0.25, 0.3) is 0 Å². The van der Waals surface area contributed by atoms with Crippen molar-refractivity contribution in [3.63, 3.8) is 0 Å². The molecule has 0 nitrogen and oxygen atoms in total. The van der Waals surface area contributed by atoms with Crippen molar-refractivity contribution < 1.29 is 0 Å². The smallest absolute Gasteiger partial charge is 0.00453 e. The highest BCUT2D eigenvalue weighted by atomic mass is 32.1. The molecule has 1 aromatic heterocycles. The van der Waals surface area contributed by atoms with E-state index in [9.17, 15) is 0 Å². The van der Waals surface area contributed by atoms with E-state index >= 15 is 0 Å². The summed E-state index contributed by atoms with van der Waals surface area (Å²) < 4.78 is 0. The third kappa shape index (κ3) is 3.71. The number of hydrogen-bond donors (Lipinski definition) is 0. The van der Waals surface area contributed by atoms with Crippen LogP contribution in [0.5, 0.6) is 0 Å². The van der Waals surface area contributed by atoms with Gasteiger partial charge in [-0.15, -0.1) is 11.3 Å². The van der Waals surface area contributed by atoms with Crippen molar-refractivity contribution in [3.8, 4) is 0 Å². The Morgan fingerprint density at radius 3 is 2.35 bits per heavy atom. The van der Waals surface area contributed by atoms with Gasteiger partial charge in [0.1, 0.15) is 0 Å². The Labute approximate surface area is 108 Å². The summed E-state index contributed by atoms with van der Waals surface area (Å²) in [6.45, 7) is 4.48. The number of thiophene rings is 1. The first-order valence-corrected chi connectivity index (χ1v) is 7.25. The molecule has 0 unspecified atom stereocenters. The van der Waals surface area contributed by atoms with E-state index in [1.807, 2.05) is 11.3 Å². The summed E-state index contributed by atoms with van der Waals surface area (Å²) in [5.74, 6) is 0.634. The zero-order valence-electron chi connectivity index (χ0n) is 10.6. The van der Waals surface area contributed by atoms with Crippen LogP contribution in [0.1, 0.15) is 42.2 Å². The van der Waals surface area contributed by atoms with E-state index in [0.717, 1.165) is 0 Å². The van der Waals surface area contributed by atoms with Crippen LogP contribution in [0.25, 0.3) is 0 Å². The van der Waals surface area contributed by atoms with Crippen molar-refractivity contribution in [2.75, 3.05) is 0 Å². The molecule has 0 saturated heterocycles. The van der Waals surface area contributed by atoms with Crippen molar-refractivity contribution in [1.29, 1.82) is 0 Å². The van der Waals surface area contributed by atoms with Gasteiger partial charge in [0.15, 0.2) is 0 Å². The van der Waals surface area contributed by atoms with Gasteiger partial charge < -0.3 is 0 Å². The van der Waals surface area contributed by atoms with Crippen LogP contribution in [0.3, 0.4) is 0 Å². The predicted octanol–water partition coefficient (Wildman–Crippen LogP) is 5.05. The molecule has 17 heavy (non-hydrogen) atoms. The topological polar surface area (TPSA) is 0 Å². The minimum atomic E-state index is 0.634. The number of benzene rings is 1. The Bertz CT molecular complexity index is 423. The van der Waals surface area contributed by atoms with E-state index in [-0.39, 0.29) is 0 Å². The maximum Gasteiger partial charge on any atom is 0.00453 e. The fraction of sp³-hybridized carbons (Fsp3) is 0.375. The van der Waals surface area contributed by atoms with Gasteiger partial charge >= 0.3 is 0 Å². The second kappa shape index (κ2) is 6.02. The molecule has 0 atom stereocenters. The highest BCUT2D eigenvalue weighted by molar-refractivity contribution is 7.09. The van der Waals surface area contributed by atoms with Gasteiger partial charge in [-0.1, -0.05) is 44.2 Å². The Morgan fingerprint density at radius 1 is 1.00 bits per heavy atom. The standard InChI is InChI=1S/C16H20S/c1-13(2)15-10-8-14(9-11-15)5-3-6-16-7-4-12-17-16/h4,7-13H,3,5-6H2,1-2H3. The average molecular weight is 244 g/mol. The van der Waals surface area contributed by atoms with Gasteiger partial charge in [0.2, 0.25) is 0 Å². The molecular formula is C16H20S. The second-order valence-electron chi connectivity index (χ2n) is 4.83. The molecule has 1 heteroatoms. The largest absolute Gasteiger partial charge is 0.149 e. The number of aryl methyl sites for hydroxylation is 2. The average Bonchev–Trinajstić information content (AvgIpc) is 2.83. The van der Waals surface area contributed by atoms with Crippen LogP contribution in [0, 0.1) is 0 Å². The second-order valence-corrected chi connectivity index (χ2v) is 5.86. The Hall–Kier alpha value is -1.08. The maximum atomic E-state index is 2.28. The van der Waals surface area contributed by atoms with Crippen LogP contribution in [-0.4, -0.2) is 0 Å². The summed E-state index contributed by atoms with van der Waals surface area (Å²) in [5.41, 5.74) is 2.90. The molecule has 1 aromatic carbocycles. The van der Waals surface area contributed by atoms with E-state index in [4.69, 9.17) is 0 Å². The van der Waals surface area contributed by atoms with E-state index in [1.54, 1.807) is 0 Å². The third-order valence-corrected chi connectivity index (χ3v) is 4.05. The van der Waals surface area contributed by atoms with Crippen molar-refractivity contribution in [2.24, 2.45) is 0 Å². The molecule has 2 rings (SSSR count). The van der Waals surface area contributed by atoms with Crippen molar-refractivity contribution in [3.05, 3.63) is 57.8 Å². The van der Waals surface area contributed by atoms with E-state index < -0.39 is 0 Å². The van der Waals surface area contributed by atoms with Gasteiger partial charge in [0.05, 0.1) is 0 Å². The third-order valence-electron chi connectivity index (χ3n) is 3.12. The summed E-state index contributed by atoms with van der Waals surface area (Å²) in [5, 5.41) is 2.16. The summed E-state index contributed by atoms with van der Waals surface area (Å²) in [6.07, 6.45) is 3.65. The summed E-state index contributed by atoms with van der Waals surface area (Å²) in [6, 6.07) is 13.5. The Kier molecular flexibility index (Phi) is 4.38. The fourth-order valence-corrected chi connectivity index (χ4v) is 2.74. The minimum absolute atomic E-state index is 0.634. The monoisotopic (exact) mass is 244 g/mol. The van der Waals surface area contributed by atoms with Crippen molar-refractivity contribution in [2.45, 2.75) is 39.0 Å². The lowest BCUT2D eigenvalue weighted by Crippen LogP contribution is -1.91. The quantitative estimate of drug-likeness (QED) is 0.690. The van der Waals surface area contributed by atoms with Crippen molar-refractivity contribution >= 4 is 11.3 Å². The normalized spacial score (nSPS) is 11.0. The predicted molar refractivity (Wildman–Crippen MR) is 76.9 cm³/mol. The molecule has 0 fully saturated rings. The molecule has 0 bridgehead atoms. The van der Waals surface area contributed by atoms with Gasteiger partial charge in [-0.25, -0.2) is 0 Å². The highest BCUT2D eigenvalue weighted by Gasteiger charge is 1.99. The van der Waals surface area contributed by atoms with E-state index in [1.165, 1.54) is 35.3 Å². The molecule has 90 valence electrons. The molecule has 0 aliphatic heterocycles. The lowest BCUT2D eigenvalue weighted by Gasteiger charge is -2.06. The molecule has 2 aromatic rings. The number of rotatable bonds is 5. The molecule has 0 spiro atoms. The SMILES string of the molecule is CC(C)c1ccc(CCCc2cccs2)cc1. The number of hydrogen-bond acceptors (Lipinski definition) is 1. The lowest BCUT2D eigenvalue weighted by molar-refractivity contribution is 0.825. The van der Waals surface area contributed by atoms with Gasteiger partial charge in [-0.05, 0) is 47.8 Å². The first-order chi connectivity index (χ1) is 8.25. The summed E-state index contributed by atoms with van der Waals surface area (Å²) >= 11 is 1.86. The molecule has 0 saturated carbocycles. The summed E-state index contributed by atoms with van der Waals surface area (Å²) in [4.78, 5) is 1.50. The van der Waals surface area contributed by atoms with Gasteiger partial charge in [0, 0.05) is 4.88 Å². The zero-order chi connectivity index (χ0) is 12.1. The van der Waals surface area contributed by atoms with Crippen LogP contribution < -0.4 is 0 Å². The van der Waals surface area contributed by atoms with E-state index in [0.29, 0.717) is 5.92 Å². The Balaban J connectivity index is 1.83. The lowest BCUT2D eigenvalue weighted by atomic mass is 10.00. The van der Waals surface area contributed by atoms with Crippen LogP contribution in [0.4, 0.5) is 0 Å². The first kappa shape index (κ1) is 12.4. The van der Waals surface area contributed by atoms with Crippen LogP contribution in [-0.2, 0) is 12.8 Å². The molecular weight excluding hydrogens is 224 g/mol. The highest BCUT2D eigenvalue weighted by Crippen LogP contribution is 2.17. The molecule has 0 radical (unpaired) electrons. The van der Waals surface area contributed by atoms with E-state index in [2.05, 4.69) is 55.6 Å². The first-order valence-electron chi connectivity index (χ1n) is 6.37. The molecule has 0 amide bonds.